The van der Waals surface area contributed by atoms with Crippen LogP contribution in [0, 0.1) is 6.92 Å². The summed E-state index contributed by atoms with van der Waals surface area (Å²) in [4.78, 5) is 30.1. The highest BCUT2D eigenvalue weighted by Gasteiger charge is 2.34. The second-order valence-electron chi connectivity index (χ2n) is 7.79. The Morgan fingerprint density at radius 2 is 1.93 bits per heavy atom. The van der Waals surface area contributed by atoms with E-state index in [1.807, 2.05) is 44.2 Å². The average Bonchev–Trinajstić information content (AvgIpc) is 2.64. The van der Waals surface area contributed by atoms with Gasteiger partial charge in [0.2, 0.25) is 5.91 Å². The second-order valence-corrected chi connectivity index (χ2v) is 7.79. The average molecular weight is 377 g/mol. The van der Waals surface area contributed by atoms with Crippen LogP contribution in [0.3, 0.4) is 0 Å². The molecule has 3 aromatic rings. The van der Waals surface area contributed by atoms with Crippen molar-refractivity contribution in [1.82, 2.24) is 14.9 Å². The summed E-state index contributed by atoms with van der Waals surface area (Å²) in [5.74, 6) is 1.08. The van der Waals surface area contributed by atoms with Crippen LogP contribution in [0.1, 0.15) is 37.7 Å². The van der Waals surface area contributed by atoms with Crippen molar-refractivity contribution in [3.63, 3.8) is 0 Å². The number of rotatable bonds is 3. The van der Waals surface area contributed by atoms with E-state index in [4.69, 9.17) is 4.74 Å². The van der Waals surface area contributed by atoms with Gasteiger partial charge in [0.1, 0.15) is 23.7 Å². The molecular weight excluding hydrogens is 354 g/mol. The first-order valence-electron chi connectivity index (χ1n) is 9.37. The van der Waals surface area contributed by atoms with Crippen molar-refractivity contribution in [3.8, 4) is 5.75 Å². The number of hydrogen-bond donors (Lipinski definition) is 1. The first-order valence-corrected chi connectivity index (χ1v) is 9.37. The van der Waals surface area contributed by atoms with Crippen LogP contribution in [-0.2, 0) is 11.3 Å². The molecule has 0 saturated carbocycles. The molecule has 2 heterocycles. The number of amides is 1. The lowest BCUT2D eigenvalue weighted by molar-refractivity contribution is -0.123. The van der Waals surface area contributed by atoms with Crippen molar-refractivity contribution >= 4 is 16.8 Å². The maximum atomic E-state index is 12.8. The van der Waals surface area contributed by atoms with Crippen molar-refractivity contribution < 1.29 is 9.53 Å². The Balaban J connectivity index is 1.61. The van der Waals surface area contributed by atoms with Crippen LogP contribution in [0.2, 0.25) is 0 Å². The Labute approximate surface area is 163 Å². The number of nitrogens with one attached hydrogen (secondary N) is 1. The molecule has 6 nitrogen and oxygen atoms in total. The van der Waals surface area contributed by atoms with Gasteiger partial charge >= 0.3 is 0 Å². The normalized spacial score (nSPS) is 17.6. The molecule has 0 fully saturated rings. The standard InChI is InChI=1S/C22H23N3O3/c1-14-23-17-10-6-4-9-16(17)21(27)25(14)13-20(26)24-18-12-22(2,3)28-19-11-7-5-8-15(18)19/h4-11,18H,12-13H2,1-3H3,(H,24,26)/t18-/m0/s1. The highest BCUT2D eigenvalue weighted by Crippen LogP contribution is 2.39. The van der Waals surface area contributed by atoms with Gasteiger partial charge in [-0.25, -0.2) is 4.98 Å². The molecule has 0 bridgehead atoms. The Bertz CT molecular complexity index is 1120. The van der Waals surface area contributed by atoms with Gasteiger partial charge in [-0.2, -0.15) is 0 Å². The molecule has 1 aliphatic rings. The van der Waals surface area contributed by atoms with Crippen LogP contribution in [-0.4, -0.2) is 21.1 Å². The highest BCUT2D eigenvalue weighted by atomic mass is 16.5. The van der Waals surface area contributed by atoms with E-state index in [1.54, 1.807) is 25.1 Å². The number of benzene rings is 2. The summed E-state index contributed by atoms with van der Waals surface area (Å²) in [6.45, 7) is 5.68. The fourth-order valence-electron chi connectivity index (χ4n) is 3.78. The number of aromatic nitrogens is 2. The number of nitrogens with zero attached hydrogens (tertiary/aromatic N) is 2. The molecule has 1 amide bonds. The fraction of sp³-hybridized carbons (Fsp3) is 0.318. The second kappa shape index (κ2) is 6.78. The third kappa shape index (κ3) is 3.38. The smallest absolute Gasteiger partial charge is 0.261 e. The third-order valence-corrected chi connectivity index (χ3v) is 5.07. The summed E-state index contributed by atoms with van der Waals surface area (Å²) in [7, 11) is 0. The van der Waals surface area contributed by atoms with Gasteiger partial charge in [-0.1, -0.05) is 30.3 Å². The minimum atomic E-state index is -0.385. The largest absolute Gasteiger partial charge is 0.487 e. The minimum absolute atomic E-state index is 0.0670. The van der Waals surface area contributed by atoms with Gasteiger partial charge in [0.15, 0.2) is 0 Å². The lowest BCUT2D eigenvalue weighted by atomic mass is 9.89. The van der Waals surface area contributed by atoms with E-state index in [-0.39, 0.29) is 29.7 Å². The Morgan fingerprint density at radius 1 is 1.21 bits per heavy atom. The molecule has 1 aliphatic heterocycles. The molecule has 4 rings (SSSR count). The van der Waals surface area contributed by atoms with Gasteiger partial charge in [0.05, 0.1) is 16.9 Å². The van der Waals surface area contributed by atoms with Gasteiger partial charge < -0.3 is 10.1 Å². The molecule has 6 heteroatoms. The highest BCUT2D eigenvalue weighted by molar-refractivity contribution is 5.79. The third-order valence-electron chi connectivity index (χ3n) is 5.07. The number of carbonyl (C=O) groups is 1. The van der Waals surface area contributed by atoms with Crippen molar-refractivity contribution in [3.05, 3.63) is 70.3 Å². The summed E-state index contributed by atoms with van der Waals surface area (Å²) >= 11 is 0. The lowest BCUT2D eigenvalue weighted by Crippen LogP contribution is -2.43. The van der Waals surface area contributed by atoms with E-state index in [1.165, 1.54) is 4.57 Å². The molecule has 144 valence electrons. The SMILES string of the molecule is Cc1nc2ccccc2c(=O)n1CC(=O)N[C@H]1CC(C)(C)Oc2ccccc21. The minimum Gasteiger partial charge on any atom is -0.487 e. The lowest BCUT2D eigenvalue weighted by Gasteiger charge is -2.37. The number of hydrogen-bond acceptors (Lipinski definition) is 4. The molecule has 0 unspecified atom stereocenters. The topological polar surface area (TPSA) is 73.2 Å². The molecule has 1 N–H and O–H groups in total. The zero-order valence-corrected chi connectivity index (χ0v) is 16.2. The molecule has 28 heavy (non-hydrogen) atoms. The van der Waals surface area contributed by atoms with Crippen molar-refractivity contribution in [2.75, 3.05) is 0 Å². The first-order chi connectivity index (χ1) is 13.3. The van der Waals surface area contributed by atoms with Crippen LogP contribution >= 0.6 is 0 Å². The van der Waals surface area contributed by atoms with Gasteiger partial charge in [-0.05, 0) is 39.0 Å². The van der Waals surface area contributed by atoms with Crippen LogP contribution in [0.4, 0.5) is 0 Å². The summed E-state index contributed by atoms with van der Waals surface area (Å²) in [5.41, 5.74) is 1.01. The van der Waals surface area contributed by atoms with E-state index in [0.29, 0.717) is 23.1 Å². The quantitative estimate of drug-likeness (QED) is 0.761. The predicted octanol–water partition coefficient (Wildman–Crippen LogP) is 3.12. The molecule has 1 atom stereocenters. The zero-order chi connectivity index (χ0) is 19.9. The molecule has 0 aliphatic carbocycles. The summed E-state index contributed by atoms with van der Waals surface area (Å²) in [6, 6.07) is 14.7. The van der Waals surface area contributed by atoms with E-state index >= 15 is 0 Å². The maximum absolute atomic E-state index is 12.8. The zero-order valence-electron chi connectivity index (χ0n) is 16.2. The Hall–Kier alpha value is -3.15. The fourth-order valence-corrected chi connectivity index (χ4v) is 3.78. The van der Waals surface area contributed by atoms with Crippen LogP contribution in [0.15, 0.2) is 53.3 Å². The molecule has 0 spiro atoms. The summed E-state index contributed by atoms with van der Waals surface area (Å²) < 4.78 is 7.44. The van der Waals surface area contributed by atoms with Gasteiger partial charge in [0, 0.05) is 12.0 Å². The van der Waals surface area contributed by atoms with E-state index in [9.17, 15) is 9.59 Å². The number of carbonyl (C=O) groups excluding carboxylic acids is 1. The van der Waals surface area contributed by atoms with Gasteiger partial charge in [-0.3, -0.25) is 14.2 Å². The Kier molecular flexibility index (Phi) is 4.41. The molecule has 0 radical (unpaired) electrons. The van der Waals surface area contributed by atoms with Gasteiger partial charge in [-0.15, -0.1) is 0 Å². The summed E-state index contributed by atoms with van der Waals surface area (Å²) in [5, 5.41) is 3.59. The van der Waals surface area contributed by atoms with Crippen molar-refractivity contribution in [2.45, 2.75) is 45.4 Å². The van der Waals surface area contributed by atoms with E-state index in [2.05, 4.69) is 10.3 Å². The van der Waals surface area contributed by atoms with Crippen LogP contribution in [0.5, 0.6) is 5.75 Å². The number of para-hydroxylation sites is 2. The van der Waals surface area contributed by atoms with E-state index < -0.39 is 0 Å². The predicted molar refractivity (Wildman–Crippen MR) is 107 cm³/mol. The van der Waals surface area contributed by atoms with Crippen molar-refractivity contribution in [2.24, 2.45) is 0 Å². The molecular formula is C22H23N3O3. The van der Waals surface area contributed by atoms with Gasteiger partial charge in [0.25, 0.3) is 5.56 Å². The number of fused-ring (bicyclic) bond motifs is 2. The van der Waals surface area contributed by atoms with E-state index in [0.717, 1.165) is 11.3 Å². The molecule has 0 saturated heterocycles. The number of aryl methyl sites for hydroxylation is 1. The Morgan fingerprint density at radius 3 is 2.75 bits per heavy atom. The van der Waals surface area contributed by atoms with Crippen molar-refractivity contribution in [1.29, 1.82) is 0 Å². The maximum Gasteiger partial charge on any atom is 0.261 e. The van der Waals surface area contributed by atoms with Crippen LogP contribution < -0.4 is 15.6 Å². The first kappa shape index (κ1) is 18.2. The molecule has 1 aromatic heterocycles. The summed E-state index contributed by atoms with van der Waals surface area (Å²) in [6.07, 6.45) is 0.652. The number of ether oxygens (including phenoxy) is 1. The van der Waals surface area contributed by atoms with Crippen LogP contribution in [0.25, 0.3) is 10.9 Å². The molecule has 2 aromatic carbocycles. The monoisotopic (exact) mass is 377 g/mol.